The second-order valence-corrected chi connectivity index (χ2v) is 5.64. The lowest BCUT2D eigenvalue weighted by atomic mass is 10.2. The summed E-state index contributed by atoms with van der Waals surface area (Å²) in [6.45, 7) is 4.33. The Morgan fingerprint density at radius 3 is 2.73 bits per heavy atom. The lowest BCUT2D eigenvalue weighted by Crippen LogP contribution is -2.39. The van der Waals surface area contributed by atoms with Gasteiger partial charge in [-0.05, 0) is 25.1 Å². The molecule has 7 heteroatoms. The van der Waals surface area contributed by atoms with Gasteiger partial charge in [-0.2, -0.15) is 0 Å². The van der Waals surface area contributed by atoms with Crippen molar-refractivity contribution in [2.24, 2.45) is 4.99 Å². The summed E-state index contributed by atoms with van der Waals surface area (Å²) in [4.78, 5) is 18.4. The van der Waals surface area contributed by atoms with E-state index in [1.807, 2.05) is 43.1 Å². The average molecular weight is 358 g/mol. The first-order valence-corrected chi connectivity index (χ1v) is 8.58. The number of amides is 1. The van der Waals surface area contributed by atoms with Crippen LogP contribution in [0.4, 0.5) is 0 Å². The Morgan fingerprint density at radius 1 is 1.23 bits per heavy atom. The molecule has 2 N–H and O–H groups in total. The van der Waals surface area contributed by atoms with E-state index >= 15 is 0 Å². The van der Waals surface area contributed by atoms with E-state index < -0.39 is 0 Å². The summed E-state index contributed by atoms with van der Waals surface area (Å²) in [5.74, 6) is 1.68. The fourth-order valence-corrected chi connectivity index (χ4v) is 2.46. The van der Waals surface area contributed by atoms with Crippen LogP contribution >= 0.6 is 0 Å². The number of para-hydroxylation sites is 1. The van der Waals surface area contributed by atoms with E-state index in [1.165, 1.54) is 6.26 Å². The van der Waals surface area contributed by atoms with Crippen LogP contribution in [-0.2, 0) is 6.54 Å². The topological polar surface area (TPSA) is 79.1 Å². The van der Waals surface area contributed by atoms with E-state index in [9.17, 15) is 4.79 Å². The molecule has 0 saturated heterocycles. The smallest absolute Gasteiger partial charge is 0.287 e. The van der Waals surface area contributed by atoms with Gasteiger partial charge in [-0.25, -0.2) is 0 Å². The first-order chi connectivity index (χ1) is 12.7. The molecule has 1 amide bonds. The fraction of sp³-hybridized carbons (Fsp3) is 0.368. The summed E-state index contributed by atoms with van der Waals surface area (Å²) in [5, 5.41) is 6.04. The molecule has 1 aromatic heterocycles. The Morgan fingerprint density at radius 2 is 2.04 bits per heavy atom. The molecule has 0 atom stereocenters. The van der Waals surface area contributed by atoms with Crippen molar-refractivity contribution in [3.8, 4) is 5.75 Å². The standard InChI is InChI=1S/C19H26N4O3/c1-4-20-19(22-12-11-21-18(24)17-10-7-13-26-17)23(2)14-15-8-5-6-9-16(15)25-3/h5-10,13H,4,11-12,14H2,1-3H3,(H,20,22)(H,21,24). The van der Waals surface area contributed by atoms with E-state index in [0.717, 1.165) is 23.8 Å². The minimum Gasteiger partial charge on any atom is -0.496 e. The summed E-state index contributed by atoms with van der Waals surface area (Å²) >= 11 is 0. The molecule has 0 fully saturated rings. The van der Waals surface area contributed by atoms with Crippen molar-refractivity contribution in [2.75, 3.05) is 33.8 Å². The van der Waals surface area contributed by atoms with Crippen LogP contribution in [0.2, 0.25) is 0 Å². The molecular formula is C19H26N4O3. The number of guanidine groups is 1. The van der Waals surface area contributed by atoms with Crippen LogP contribution in [0.15, 0.2) is 52.1 Å². The molecule has 7 nitrogen and oxygen atoms in total. The molecule has 1 heterocycles. The molecule has 2 aromatic rings. The highest BCUT2D eigenvalue weighted by Crippen LogP contribution is 2.18. The van der Waals surface area contributed by atoms with Crippen molar-refractivity contribution in [3.63, 3.8) is 0 Å². The summed E-state index contributed by atoms with van der Waals surface area (Å²) in [6.07, 6.45) is 1.48. The number of ether oxygens (including phenoxy) is 1. The Bertz CT molecular complexity index is 713. The van der Waals surface area contributed by atoms with Gasteiger partial charge >= 0.3 is 0 Å². The maximum Gasteiger partial charge on any atom is 0.287 e. The minimum absolute atomic E-state index is 0.238. The fourth-order valence-electron chi connectivity index (χ4n) is 2.46. The lowest BCUT2D eigenvalue weighted by Gasteiger charge is -2.23. The third-order valence-corrected chi connectivity index (χ3v) is 3.70. The molecule has 0 aliphatic rings. The maximum atomic E-state index is 11.8. The number of furan rings is 1. The predicted molar refractivity (Wildman–Crippen MR) is 101 cm³/mol. The highest BCUT2D eigenvalue weighted by atomic mass is 16.5. The molecule has 26 heavy (non-hydrogen) atoms. The van der Waals surface area contributed by atoms with Gasteiger partial charge in [-0.3, -0.25) is 9.79 Å². The first-order valence-electron chi connectivity index (χ1n) is 8.58. The number of carbonyl (C=O) groups excluding carboxylic acids is 1. The number of hydrogen-bond acceptors (Lipinski definition) is 4. The third-order valence-electron chi connectivity index (χ3n) is 3.70. The van der Waals surface area contributed by atoms with Crippen molar-refractivity contribution in [1.29, 1.82) is 0 Å². The summed E-state index contributed by atoms with van der Waals surface area (Å²) < 4.78 is 10.5. The van der Waals surface area contributed by atoms with Crippen molar-refractivity contribution >= 4 is 11.9 Å². The number of nitrogens with one attached hydrogen (secondary N) is 2. The monoisotopic (exact) mass is 358 g/mol. The second-order valence-electron chi connectivity index (χ2n) is 5.64. The SMILES string of the molecule is CCNC(=NCCNC(=O)c1ccco1)N(C)Cc1ccccc1OC. The van der Waals surface area contributed by atoms with E-state index in [1.54, 1.807) is 19.2 Å². The molecule has 140 valence electrons. The first kappa shape index (κ1) is 19.4. The summed E-state index contributed by atoms with van der Waals surface area (Å²) in [7, 11) is 3.63. The van der Waals surface area contributed by atoms with E-state index in [-0.39, 0.29) is 5.91 Å². The van der Waals surface area contributed by atoms with Crippen molar-refractivity contribution in [2.45, 2.75) is 13.5 Å². The van der Waals surface area contributed by atoms with Crippen LogP contribution in [0, 0.1) is 0 Å². The van der Waals surface area contributed by atoms with Crippen LogP contribution in [0.5, 0.6) is 5.75 Å². The van der Waals surface area contributed by atoms with Gasteiger partial charge in [0.2, 0.25) is 0 Å². The van der Waals surface area contributed by atoms with Gasteiger partial charge in [0.15, 0.2) is 11.7 Å². The van der Waals surface area contributed by atoms with Crippen LogP contribution in [0.3, 0.4) is 0 Å². The van der Waals surface area contributed by atoms with Crippen molar-refractivity contribution in [3.05, 3.63) is 54.0 Å². The molecule has 0 radical (unpaired) electrons. The molecule has 0 saturated carbocycles. The molecule has 2 rings (SSSR count). The molecule has 0 aliphatic heterocycles. The molecular weight excluding hydrogens is 332 g/mol. The Labute approximate surface area is 154 Å². The van der Waals surface area contributed by atoms with E-state index in [0.29, 0.717) is 25.4 Å². The number of carbonyl (C=O) groups is 1. The number of aliphatic imine (C=N–C) groups is 1. The van der Waals surface area contributed by atoms with Crippen molar-refractivity contribution < 1.29 is 13.9 Å². The van der Waals surface area contributed by atoms with Crippen LogP contribution in [-0.4, -0.2) is 50.6 Å². The van der Waals surface area contributed by atoms with Gasteiger partial charge in [0.05, 0.1) is 19.9 Å². The van der Waals surface area contributed by atoms with Gasteiger partial charge < -0.3 is 24.7 Å². The molecule has 0 bridgehead atoms. The second kappa shape index (κ2) is 10.1. The molecule has 0 spiro atoms. The average Bonchev–Trinajstić information content (AvgIpc) is 3.19. The Kier molecular flexibility index (Phi) is 7.54. The zero-order valence-electron chi connectivity index (χ0n) is 15.5. The number of rotatable bonds is 8. The number of hydrogen-bond donors (Lipinski definition) is 2. The number of methoxy groups -OCH3 is 1. The molecule has 0 unspecified atom stereocenters. The van der Waals surface area contributed by atoms with Gasteiger partial charge in [-0.15, -0.1) is 0 Å². The van der Waals surface area contributed by atoms with Gasteiger partial charge in [0.25, 0.3) is 5.91 Å². The Hall–Kier alpha value is -2.96. The van der Waals surface area contributed by atoms with Gasteiger partial charge in [0.1, 0.15) is 5.75 Å². The largest absolute Gasteiger partial charge is 0.496 e. The zero-order chi connectivity index (χ0) is 18.8. The number of nitrogens with zero attached hydrogens (tertiary/aromatic N) is 2. The summed E-state index contributed by atoms with van der Waals surface area (Å²) in [6, 6.07) is 11.2. The van der Waals surface area contributed by atoms with E-state index in [4.69, 9.17) is 9.15 Å². The number of benzene rings is 1. The third kappa shape index (κ3) is 5.54. The minimum atomic E-state index is -0.238. The van der Waals surface area contributed by atoms with Crippen LogP contribution < -0.4 is 15.4 Å². The maximum absolute atomic E-state index is 11.8. The highest BCUT2D eigenvalue weighted by molar-refractivity contribution is 5.91. The van der Waals surface area contributed by atoms with E-state index in [2.05, 4.69) is 15.6 Å². The van der Waals surface area contributed by atoms with Gasteiger partial charge in [0, 0.05) is 32.2 Å². The quantitative estimate of drug-likeness (QED) is 0.429. The predicted octanol–water partition coefficient (Wildman–Crippen LogP) is 2.12. The highest BCUT2D eigenvalue weighted by Gasteiger charge is 2.10. The zero-order valence-corrected chi connectivity index (χ0v) is 15.5. The normalized spacial score (nSPS) is 11.1. The van der Waals surface area contributed by atoms with Crippen LogP contribution in [0.1, 0.15) is 23.0 Å². The van der Waals surface area contributed by atoms with Crippen LogP contribution in [0.25, 0.3) is 0 Å². The Balaban J connectivity index is 1.91. The molecule has 1 aromatic carbocycles. The van der Waals surface area contributed by atoms with Crippen molar-refractivity contribution in [1.82, 2.24) is 15.5 Å². The van der Waals surface area contributed by atoms with Gasteiger partial charge in [-0.1, -0.05) is 18.2 Å². The summed E-state index contributed by atoms with van der Waals surface area (Å²) in [5.41, 5.74) is 1.08. The molecule has 0 aliphatic carbocycles. The lowest BCUT2D eigenvalue weighted by molar-refractivity contribution is 0.0927.